The molecule has 1 aliphatic rings. The molecule has 0 aromatic heterocycles. The molecule has 4 rings (SSSR count). The third kappa shape index (κ3) is 3.60. The molecule has 1 heterocycles. The maximum absolute atomic E-state index is 13.3. The van der Waals surface area contributed by atoms with E-state index in [-0.39, 0.29) is 18.4 Å². The first-order valence-corrected chi connectivity index (χ1v) is 9.20. The Morgan fingerprint density at radius 2 is 1.64 bits per heavy atom. The zero-order valence-electron chi connectivity index (χ0n) is 15.6. The molecule has 0 spiro atoms. The highest BCUT2D eigenvalue weighted by atomic mass is 16.2. The topological polar surface area (TPSA) is 61.4 Å². The third-order valence-electron chi connectivity index (χ3n) is 4.80. The van der Waals surface area contributed by atoms with Gasteiger partial charge in [-0.05, 0) is 36.8 Å². The van der Waals surface area contributed by atoms with Crippen LogP contribution in [0.5, 0.6) is 0 Å². The minimum absolute atomic E-state index is 0.109. The Balaban J connectivity index is 1.73. The second kappa shape index (κ2) is 7.56. The smallest absolute Gasteiger partial charge is 0.251 e. The number of aryl methyl sites for hydroxylation is 1. The van der Waals surface area contributed by atoms with E-state index in [4.69, 9.17) is 0 Å². The molecule has 0 saturated carbocycles. The highest BCUT2D eigenvalue weighted by molar-refractivity contribution is 6.05. The van der Waals surface area contributed by atoms with E-state index in [0.717, 1.165) is 22.5 Å². The van der Waals surface area contributed by atoms with Crippen molar-refractivity contribution in [2.24, 2.45) is 0 Å². The standard InChI is InChI=1S/C23H21N3O2/c1-16-11-13-18(14-12-16)24-23(28)22(17-7-3-2-4-8-17)26-15-21(27)25-19-9-5-6-10-20(19)26/h2-14,22H,15H2,1H3,(H,24,28)(H,25,27). The highest BCUT2D eigenvalue weighted by Crippen LogP contribution is 2.36. The number of fused-ring (bicyclic) bond motifs is 1. The number of anilines is 3. The monoisotopic (exact) mass is 371 g/mol. The second-order valence-corrected chi connectivity index (χ2v) is 6.86. The number of nitrogens with zero attached hydrogens (tertiary/aromatic N) is 1. The van der Waals surface area contributed by atoms with Crippen molar-refractivity contribution in [3.05, 3.63) is 90.0 Å². The molecule has 5 heteroatoms. The molecule has 140 valence electrons. The summed E-state index contributed by atoms with van der Waals surface area (Å²) in [5.74, 6) is -0.317. The van der Waals surface area contributed by atoms with Crippen molar-refractivity contribution in [1.82, 2.24) is 0 Å². The molecule has 2 amide bonds. The predicted octanol–water partition coefficient (Wildman–Crippen LogP) is 4.13. The van der Waals surface area contributed by atoms with Crippen LogP contribution in [0.25, 0.3) is 0 Å². The normalized spacial score (nSPS) is 14.0. The molecule has 0 saturated heterocycles. The molecule has 1 aliphatic heterocycles. The minimum atomic E-state index is -0.630. The van der Waals surface area contributed by atoms with E-state index in [0.29, 0.717) is 5.69 Å². The van der Waals surface area contributed by atoms with E-state index < -0.39 is 6.04 Å². The van der Waals surface area contributed by atoms with E-state index in [2.05, 4.69) is 10.6 Å². The summed E-state index contributed by atoms with van der Waals surface area (Å²) in [7, 11) is 0. The summed E-state index contributed by atoms with van der Waals surface area (Å²) >= 11 is 0. The van der Waals surface area contributed by atoms with Crippen molar-refractivity contribution in [2.75, 3.05) is 22.1 Å². The van der Waals surface area contributed by atoms with E-state index >= 15 is 0 Å². The lowest BCUT2D eigenvalue weighted by Crippen LogP contribution is -2.44. The molecule has 5 nitrogen and oxygen atoms in total. The molecule has 0 radical (unpaired) electrons. The lowest BCUT2D eigenvalue weighted by molar-refractivity contribution is -0.118. The molecule has 0 bridgehead atoms. The van der Waals surface area contributed by atoms with Gasteiger partial charge in [0.25, 0.3) is 5.91 Å². The maximum atomic E-state index is 13.3. The molecule has 2 N–H and O–H groups in total. The first-order valence-electron chi connectivity index (χ1n) is 9.20. The number of benzene rings is 3. The van der Waals surface area contributed by atoms with E-state index in [1.165, 1.54) is 0 Å². The predicted molar refractivity (Wildman–Crippen MR) is 111 cm³/mol. The Bertz CT molecular complexity index is 1000. The van der Waals surface area contributed by atoms with Gasteiger partial charge in [-0.15, -0.1) is 0 Å². The molecule has 3 aromatic rings. The van der Waals surface area contributed by atoms with E-state index in [1.807, 2.05) is 90.7 Å². The van der Waals surface area contributed by atoms with E-state index in [1.54, 1.807) is 0 Å². The SMILES string of the molecule is Cc1ccc(NC(=O)C(c2ccccc2)N2CC(=O)Nc3ccccc32)cc1. The van der Waals surface area contributed by atoms with Crippen LogP contribution in [0.3, 0.4) is 0 Å². The van der Waals surface area contributed by atoms with Crippen molar-refractivity contribution in [3.63, 3.8) is 0 Å². The Hall–Kier alpha value is -3.60. The van der Waals surface area contributed by atoms with Gasteiger partial charge >= 0.3 is 0 Å². The summed E-state index contributed by atoms with van der Waals surface area (Å²) in [6.45, 7) is 2.11. The molecule has 3 aromatic carbocycles. The first-order chi connectivity index (χ1) is 13.6. The maximum Gasteiger partial charge on any atom is 0.251 e. The molecular weight excluding hydrogens is 350 g/mol. The van der Waals surface area contributed by atoms with Gasteiger partial charge in [0.15, 0.2) is 0 Å². The van der Waals surface area contributed by atoms with Crippen molar-refractivity contribution in [3.8, 4) is 0 Å². The van der Waals surface area contributed by atoms with Gasteiger partial charge in [0.2, 0.25) is 5.91 Å². The number of carbonyl (C=O) groups excluding carboxylic acids is 2. The second-order valence-electron chi connectivity index (χ2n) is 6.86. The third-order valence-corrected chi connectivity index (χ3v) is 4.80. The molecule has 0 aliphatic carbocycles. The van der Waals surface area contributed by atoms with Crippen LogP contribution in [0.1, 0.15) is 17.2 Å². The van der Waals surface area contributed by atoms with Crippen LogP contribution in [-0.2, 0) is 9.59 Å². The van der Waals surface area contributed by atoms with E-state index in [9.17, 15) is 9.59 Å². The zero-order chi connectivity index (χ0) is 19.5. The van der Waals surface area contributed by atoms with Crippen LogP contribution in [0.4, 0.5) is 17.1 Å². The fourth-order valence-electron chi connectivity index (χ4n) is 3.45. The van der Waals surface area contributed by atoms with Crippen LogP contribution in [-0.4, -0.2) is 18.4 Å². The van der Waals surface area contributed by atoms with Crippen molar-refractivity contribution in [1.29, 1.82) is 0 Å². The van der Waals surface area contributed by atoms with Crippen molar-refractivity contribution >= 4 is 28.9 Å². The molecule has 0 fully saturated rings. The molecule has 1 atom stereocenters. The summed E-state index contributed by atoms with van der Waals surface area (Å²) in [5, 5.41) is 5.88. The largest absolute Gasteiger partial charge is 0.345 e. The zero-order valence-corrected chi connectivity index (χ0v) is 15.6. The lowest BCUT2D eigenvalue weighted by Gasteiger charge is -2.36. The number of rotatable bonds is 4. The Kier molecular flexibility index (Phi) is 4.81. The first kappa shape index (κ1) is 17.8. The van der Waals surface area contributed by atoms with Crippen LogP contribution < -0.4 is 15.5 Å². The molecule has 28 heavy (non-hydrogen) atoms. The number of carbonyl (C=O) groups is 2. The lowest BCUT2D eigenvalue weighted by atomic mass is 10.0. The van der Waals surface area contributed by atoms with Crippen LogP contribution in [0, 0.1) is 6.92 Å². The number of para-hydroxylation sites is 2. The molecular formula is C23H21N3O2. The van der Waals surface area contributed by atoms with Crippen molar-refractivity contribution < 1.29 is 9.59 Å². The van der Waals surface area contributed by atoms with Gasteiger partial charge < -0.3 is 15.5 Å². The molecule has 1 unspecified atom stereocenters. The van der Waals surface area contributed by atoms with Gasteiger partial charge in [-0.25, -0.2) is 0 Å². The van der Waals surface area contributed by atoms with Crippen LogP contribution in [0.2, 0.25) is 0 Å². The van der Waals surface area contributed by atoms with Gasteiger partial charge in [0, 0.05) is 5.69 Å². The average molecular weight is 371 g/mol. The number of nitrogens with one attached hydrogen (secondary N) is 2. The number of hydrogen-bond donors (Lipinski definition) is 2. The fourth-order valence-corrected chi connectivity index (χ4v) is 3.45. The fraction of sp³-hybridized carbons (Fsp3) is 0.130. The van der Waals surface area contributed by atoms with Crippen LogP contribution >= 0.6 is 0 Å². The van der Waals surface area contributed by atoms with Gasteiger partial charge in [-0.2, -0.15) is 0 Å². The van der Waals surface area contributed by atoms with Gasteiger partial charge in [-0.1, -0.05) is 60.2 Å². The highest BCUT2D eigenvalue weighted by Gasteiger charge is 2.33. The average Bonchev–Trinajstić information content (AvgIpc) is 2.70. The van der Waals surface area contributed by atoms with Gasteiger partial charge in [0.1, 0.15) is 6.04 Å². The van der Waals surface area contributed by atoms with Gasteiger partial charge in [-0.3, -0.25) is 9.59 Å². The summed E-state index contributed by atoms with van der Waals surface area (Å²) < 4.78 is 0. The quantitative estimate of drug-likeness (QED) is 0.725. The van der Waals surface area contributed by atoms with Crippen LogP contribution in [0.15, 0.2) is 78.9 Å². The number of hydrogen-bond acceptors (Lipinski definition) is 3. The van der Waals surface area contributed by atoms with Gasteiger partial charge in [0.05, 0.1) is 17.9 Å². The van der Waals surface area contributed by atoms with Crippen molar-refractivity contribution in [2.45, 2.75) is 13.0 Å². The summed E-state index contributed by atoms with van der Waals surface area (Å²) in [5.41, 5.74) is 4.22. The Morgan fingerprint density at radius 3 is 2.39 bits per heavy atom. The Morgan fingerprint density at radius 1 is 0.964 bits per heavy atom. The summed E-state index contributed by atoms with van der Waals surface area (Å²) in [6, 6.07) is 24.1. The summed E-state index contributed by atoms with van der Waals surface area (Å²) in [6.07, 6.45) is 0. The Labute approximate surface area is 164 Å². The minimum Gasteiger partial charge on any atom is -0.345 e. The summed E-state index contributed by atoms with van der Waals surface area (Å²) in [4.78, 5) is 27.5. The number of amides is 2.